The van der Waals surface area contributed by atoms with Gasteiger partial charge in [0.2, 0.25) is 0 Å². The molecule has 1 aliphatic heterocycles. The van der Waals surface area contributed by atoms with E-state index in [1.54, 1.807) is 0 Å². The maximum Gasteiger partial charge on any atom is 0.0331 e. The lowest BCUT2D eigenvalue weighted by atomic mass is 9.70. The van der Waals surface area contributed by atoms with Crippen LogP contribution in [-0.2, 0) is 0 Å². The van der Waals surface area contributed by atoms with Crippen LogP contribution in [-0.4, -0.2) is 30.1 Å². The van der Waals surface area contributed by atoms with Gasteiger partial charge < -0.3 is 5.73 Å². The Hall–Kier alpha value is -0.0800. The van der Waals surface area contributed by atoms with Gasteiger partial charge in [0.15, 0.2) is 0 Å². The molecule has 112 valence electrons. The Morgan fingerprint density at radius 2 is 1.58 bits per heavy atom. The van der Waals surface area contributed by atoms with Crippen molar-refractivity contribution in [3.8, 4) is 0 Å². The SMILES string of the molecule is CC(C)C1CCC(CN)(N2CCC(C)(C)CC2)CC1. The predicted molar refractivity (Wildman–Crippen MR) is 83.2 cm³/mol. The van der Waals surface area contributed by atoms with E-state index < -0.39 is 0 Å². The van der Waals surface area contributed by atoms with E-state index in [4.69, 9.17) is 5.73 Å². The molecule has 2 aliphatic rings. The Kier molecular flexibility index (Phi) is 4.62. The van der Waals surface area contributed by atoms with Crippen LogP contribution in [0.25, 0.3) is 0 Å². The molecule has 0 amide bonds. The highest BCUT2D eigenvalue weighted by atomic mass is 15.2. The van der Waals surface area contributed by atoms with Crippen LogP contribution < -0.4 is 5.73 Å². The summed E-state index contributed by atoms with van der Waals surface area (Å²) in [7, 11) is 0. The summed E-state index contributed by atoms with van der Waals surface area (Å²) in [5, 5.41) is 0. The van der Waals surface area contributed by atoms with Gasteiger partial charge in [0.1, 0.15) is 0 Å². The van der Waals surface area contributed by atoms with Gasteiger partial charge in [0.05, 0.1) is 0 Å². The smallest absolute Gasteiger partial charge is 0.0331 e. The molecule has 0 spiro atoms. The number of rotatable bonds is 3. The fourth-order valence-corrected chi connectivity index (χ4v) is 4.08. The molecule has 0 bridgehead atoms. The maximum atomic E-state index is 6.22. The Bertz CT molecular complexity index is 278. The van der Waals surface area contributed by atoms with Crippen molar-refractivity contribution in [1.82, 2.24) is 4.90 Å². The number of likely N-dealkylation sites (tertiary alicyclic amines) is 1. The summed E-state index contributed by atoms with van der Waals surface area (Å²) < 4.78 is 0. The summed E-state index contributed by atoms with van der Waals surface area (Å²) in [4.78, 5) is 2.74. The zero-order chi connectivity index (χ0) is 14.1. The molecule has 1 saturated heterocycles. The van der Waals surface area contributed by atoms with Gasteiger partial charge >= 0.3 is 0 Å². The molecule has 2 heteroatoms. The van der Waals surface area contributed by atoms with Gasteiger partial charge in [-0.3, -0.25) is 4.90 Å². The van der Waals surface area contributed by atoms with Crippen LogP contribution in [0.5, 0.6) is 0 Å². The molecule has 0 unspecified atom stereocenters. The predicted octanol–water partition coefficient (Wildman–Crippen LogP) is 3.65. The van der Waals surface area contributed by atoms with Crippen LogP contribution in [0.3, 0.4) is 0 Å². The van der Waals surface area contributed by atoms with Gasteiger partial charge in [-0.05, 0) is 68.9 Å². The van der Waals surface area contributed by atoms with Crippen LogP contribution in [0, 0.1) is 17.3 Å². The normalized spacial score (nSPS) is 36.6. The highest BCUT2D eigenvalue weighted by Gasteiger charge is 2.41. The first-order valence-electron chi connectivity index (χ1n) is 8.34. The Balaban J connectivity index is 1.97. The van der Waals surface area contributed by atoms with Crippen LogP contribution in [0.2, 0.25) is 0 Å². The first kappa shape index (κ1) is 15.3. The molecule has 2 N–H and O–H groups in total. The van der Waals surface area contributed by atoms with Gasteiger partial charge in [-0.1, -0.05) is 27.7 Å². The van der Waals surface area contributed by atoms with Crippen molar-refractivity contribution < 1.29 is 0 Å². The monoisotopic (exact) mass is 266 g/mol. The number of hydrogen-bond acceptors (Lipinski definition) is 2. The molecule has 0 atom stereocenters. The zero-order valence-corrected chi connectivity index (χ0v) is 13.5. The molecule has 19 heavy (non-hydrogen) atoms. The number of nitrogens with two attached hydrogens (primary N) is 1. The van der Waals surface area contributed by atoms with Gasteiger partial charge in [0.25, 0.3) is 0 Å². The lowest BCUT2D eigenvalue weighted by Crippen LogP contribution is -2.58. The fourth-order valence-electron chi connectivity index (χ4n) is 4.08. The van der Waals surface area contributed by atoms with E-state index >= 15 is 0 Å². The second-order valence-corrected chi connectivity index (χ2v) is 8.16. The molecule has 1 saturated carbocycles. The number of nitrogens with zero attached hydrogens (tertiary/aromatic N) is 1. The molecule has 0 aromatic carbocycles. The Morgan fingerprint density at radius 1 is 1.05 bits per heavy atom. The second kappa shape index (κ2) is 5.73. The molecule has 1 aliphatic carbocycles. The highest BCUT2D eigenvalue weighted by Crippen LogP contribution is 2.42. The Morgan fingerprint density at radius 3 is 2.00 bits per heavy atom. The number of hydrogen-bond donors (Lipinski definition) is 1. The van der Waals surface area contributed by atoms with Crippen LogP contribution in [0.1, 0.15) is 66.2 Å². The molecule has 0 aromatic rings. The molecule has 1 heterocycles. The summed E-state index contributed by atoms with van der Waals surface area (Å²) in [5.74, 6) is 1.77. The van der Waals surface area contributed by atoms with Crippen LogP contribution in [0.4, 0.5) is 0 Å². The fraction of sp³-hybridized carbons (Fsp3) is 1.00. The topological polar surface area (TPSA) is 29.3 Å². The summed E-state index contributed by atoms with van der Waals surface area (Å²) in [6.07, 6.45) is 8.09. The summed E-state index contributed by atoms with van der Waals surface area (Å²) in [6.45, 7) is 13.0. The minimum absolute atomic E-state index is 0.335. The maximum absolute atomic E-state index is 6.22. The minimum Gasteiger partial charge on any atom is -0.329 e. The highest BCUT2D eigenvalue weighted by molar-refractivity contribution is 4.98. The van der Waals surface area contributed by atoms with Gasteiger partial charge in [-0.15, -0.1) is 0 Å². The minimum atomic E-state index is 0.335. The van der Waals surface area contributed by atoms with E-state index in [1.165, 1.54) is 51.6 Å². The van der Waals surface area contributed by atoms with E-state index in [0.29, 0.717) is 11.0 Å². The lowest BCUT2D eigenvalue weighted by molar-refractivity contribution is -0.00419. The van der Waals surface area contributed by atoms with Crippen molar-refractivity contribution in [2.75, 3.05) is 19.6 Å². The average Bonchev–Trinajstić information content (AvgIpc) is 2.38. The quantitative estimate of drug-likeness (QED) is 0.845. The van der Waals surface area contributed by atoms with E-state index in [1.807, 2.05) is 0 Å². The summed E-state index contributed by atoms with van der Waals surface area (Å²) in [5.41, 5.74) is 7.09. The number of piperidine rings is 1. The third kappa shape index (κ3) is 3.33. The standard InChI is InChI=1S/C17H34N2/c1-14(2)15-5-7-17(13-18,8-6-15)19-11-9-16(3,4)10-12-19/h14-15H,5-13,18H2,1-4H3. The van der Waals surface area contributed by atoms with Crippen molar-refractivity contribution >= 4 is 0 Å². The average molecular weight is 266 g/mol. The van der Waals surface area contributed by atoms with E-state index in [0.717, 1.165) is 18.4 Å². The largest absolute Gasteiger partial charge is 0.329 e. The Labute approximate surface area is 120 Å². The van der Waals surface area contributed by atoms with Crippen molar-refractivity contribution in [2.24, 2.45) is 23.0 Å². The summed E-state index contributed by atoms with van der Waals surface area (Å²) >= 11 is 0. The van der Waals surface area contributed by atoms with E-state index in [-0.39, 0.29) is 0 Å². The summed E-state index contributed by atoms with van der Waals surface area (Å²) in [6, 6.07) is 0. The van der Waals surface area contributed by atoms with E-state index in [2.05, 4.69) is 32.6 Å². The first-order chi connectivity index (χ1) is 8.88. The first-order valence-corrected chi connectivity index (χ1v) is 8.34. The van der Waals surface area contributed by atoms with Crippen LogP contribution in [0.15, 0.2) is 0 Å². The van der Waals surface area contributed by atoms with Gasteiger partial charge in [-0.25, -0.2) is 0 Å². The van der Waals surface area contributed by atoms with Crippen molar-refractivity contribution in [3.63, 3.8) is 0 Å². The molecule has 2 nitrogen and oxygen atoms in total. The zero-order valence-electron chi connectivity index (χ0n) is 13.5. The lowest BCUT2D eigenvalue weighted by Gasteiger charge is -2.51. The third-order valence-corrected chi connectivity index (χ3v) is 6.07. The van der Waals surface area contributed by atoms with Crippen molar-refractivity contribution in [1.29, 1.82) is 0 Å². The third-order valence-electron chi connectivity index (χ3n) is 6.07. The molecule has 0 aromatic heterocycles. The van der Waals surface area contributed by atoms with Crippen LogP contribution >= 0.6 is 0 Å². The van der Waals surface area contributed by atoms with Crippen molar-refractivity contribution in [3.05, 3.63) is 0 Å². The van der Waals surface area contributed by atoms with Gasteiger partial charge in [-0.2, -0.15) is 0 Å². The molecule has 2 rings (SSSR count). The molecule has 2 fully saturated rings. The molecular weight excluding hydrogens is 232 g/mol. The second-order valence-electron chi connectivity index (χ2n) is 8.16. The van der Waals surface area contributed by atoms with Crippen molar-refractivity contribution in [2.45, 2.75) is 71.8 Å². The van der Waals surface area contributed by atoms with Gasteiger partial charge in [0, 0.05) is 12.1 Å². The van der Waals surface area contributed by atoms with E-state index in [9.17, 15) is 0 Å². The molecule has 0 radical (unpaired) electrons. The molecular formula is C17H34N2.